The number of carbonyl (C=O) groups is 1. The fourth-order valence-corrected chi connectivity index (χ4v) is 2.57. The summed E-state index contributed by atoms with van der Waals surface area (Å²) in [6, 6.07) is 17.8. The van der Waals surface area contributed by atoms with E-state index >= 15 is 0 Å². The lowest BCUT2D eigenvalue weighted by Crippen LogP contribution is -2.26. The zero-order chi connectivity index (χ0) is 18.5. The molecule has 0 radical (unpaired) electrons. The van der Waals surface area contributed by atoms with Gasteiger partial charge in [-0.2, -0.15) is 5.10 Å². The van der Waals surface area contributed by atoms with Crippen LogP contribution in [-0.2, 0) is 6.54 Å². The number of rotatable bonds is 6. The molecule has 0 aliphatic carbocycles. The first kappa shape index (κ1) is 17.6. The van der Waals surface area contributed by atoms with Crippen LogP contribution in [0.5, 0.6) is 5.75 Å². The lowest BCUT2D eigenvalue weighted by atomic mass is 10.1. The molecule has 0 fully saturated rings. The van der Waals surface area contributed by atoms with Gasteiger partial charge in [0.2, 0.25) is 0 Å². The van der Waals surface area contributed by atoms with Gasteiger partial charge in [0.05, 0.1) is 12.3 Å². The minimum absolute atomic E-state index is 0.0905. The number of hydrogen-bond donors (Lipinski definition) is 0. The van der Waals surface area contributed by atoms with Gasteiger partial charge in [0.15, 0.2) is 5.78 Å². The van der Waals surface area contributed by atoms with E-state index in [2.05, 4.69) is 5.10 Å². The summed E-state index contributed by atoms with van der Waals surface area (Å²) in [4.78, 5) is 24.5. The maximum Gasteiger partial charge on any atom is 0.267 e. The normalized spacial score (nSPS) is 10.5. The van der Waals surface area contributed by atoms with Crippen molar-refractivity contribution in [3.05, 3.63) is 82.1 Å². The van der Waals surface area contributed by atoms with Crippen LogP contribution in [0.2, 0.25) is 0 Å². The van der Waals surface area contributed by atoms with Gasteiger partial charge in [-0.1, -0.05) is 29.8 Å². The fraction of sp³-hybridized carbons (Fsp3) is 0.190. The summed E-state index contributed by atoms with van der Waals surface area (Å²) < 4.78 is 6.63. The molecular weight excluding hydrogens is 328 g/mol. The molecule has 0 bridgehead atoms. The first-order chi connectivity index (χ1) is 12.6. The molecule has 26 heavy (non-hydrogen) atoms. The van der Waals surface area contributed by atoms with Crippen LogP contribution in [0.1, 0.15) is 22.8 Å². The molecule has 0 aliphatic heterocycles. The van der Waals surface area contributed by atoms with Crippen molar-refractivity contribution in [1.29, 1.82) is 0 Å². The lowest BCUT2D eigenvalue weighted by molar-refractivity contribution is 0.0966. The number of aromatic nitrogens is 2. The number of benzene rings is 2. The van der Waals surface area contributed by atoms with Crippen LogP contribution >= 0.6 is 0 Å². The van der Waals surface area contributed by atoms with Crippen LogP contribution in [0, 0.1) is 6.92 Å². The summed E-state index contributed by atoms with van der Waals surface area (Å²) in [5.74, 6) is 0.627. The van der Waals surface area contributed by atoms with Gasteiger partial charge in [0, 0.05) is 17.2 Å². The Balaban J connectivity index is 1.84. The number of carbonyl (C=O) groups excluding carboxylic acids is 1. The topological polar surface area (TPSA) is 61.2 Å². The van der Waals surface area contributed by atoms with Gasteiger partial charge < -0.3 is 4.74 Å². The van der Waals surface area contributed by atoms with Gasteiger partial charge in [-0.15, -0.1) is 0 Å². The highest BCUT2D eigenvalue weighted by molar-refractivity contribution is 5.95. The highest BCUT2D eigenvalue weighted by atomic mass is 16.5. The maximum atomic E-state index is 12.4. The van der Waals surface area contributed by atoms with E-state index in [0.29, 0.717) is 17.9 Å². The summed E-state index contributed by atoms with van der Waals surface area (Å²) >= 11 is 0. The van der Waals surface area contributed by atoms with Crippen molar-refractivity contribution < 1.29 is 9.53 Å². The average molecular weight is 348 g/mol. The SMILES string of the molecule is CCOc1ccc(-c2ccc(=O)n(CC(=O)c3ccc(C)cc3)n2)cc1. The number of nitrogens with zero attached hydrogens (tertiary/aromatic N) is 2. The average Bonchev–Trinajstić information content (AvgIpc) is 2.65. The predicted octanol–water partition coefficient (Wildman–Crippen LogP) is 3.50. The third-order valence-electron chi connectivity index (χ3n) is 3.99. The molecule has 0 unspecified atom stereocenters. The van der Waals surface area contributed by atoms with Gasteiger partial charge in [0.1, 0.15) is 12.3 Å². The second-order valence-electron chi connectivity index (χ2n) is 5.96. The quantitative estimate of drug-likeness (QED) is 0.640. The molecule has 2 aromatic carbocycles. The van der Waals surface area contributed by atoms with E-state index < -0.39 is 0 Å². The van der Waals surface area contributed by atoms with Gasteiger partial charge >= 0.3 is 0 Å². The largest absolute Gasteiger partial charge is 0.494 e. The van der Waals surface area contributed by atoms with Crippen molar-refractivity contribution in [3.8, 4) is 17.0 Å². The molecule has 3 rings (SSSR count). The lowest BCUT2D eigenvalue weighted by Gasteiger charge is -2.08. The van der Waals surface area contributed by atoms with E-state index in [1.807, 2.05) is 50.2 Å². The number of hydrogen-bond acceptors (Lipinski definition) is 4. The molecule has 0 atom stereocenters. The van der Waals surface area contributed by atoms with E-state index in [1.165, 1.54) is 10.7 Å². The molecule has 0 amide bonds. The third-order valence-corrected chi connectivity index (χ3v) is 3.99. The molecular formula is C21H20N2O3. The Kier molecular flexibility index (Phi) is 5.27. The zero-order valence-electron chi connectivity index (χ0n) is 14.8. The Morgan fingerprint density at radius 1 is 1.00 bits per heavy atom. The smallest absolute Gasteiger partial charge is 0.267 e. The van der Waals surface area contributed by atoms with Crippen molar-refractivity contribution >= 4 is 5.78 Å². The van der Waals surface area contributed by atoms with Crippen molar-refractivity contribution in [2.45, 2.75) is 20.4 Å². The van der Waals surface area contributed by atoms with E-state index in [-0.39, 0.29) is 17.9 Å². The fourth-order valence-electron chi connectivity index (χ4n) is 2.57. The van der Waals surface area contributed by atoms with Gasteiger partial charge in [-0.25, -0.2) is 4.68 Å². The van der Waals surface area contributed by atoms with E-state index in [4.69, 9.17) is 4.74 Å². The van der Waals surface area contributed by atoms with Crippen LogP contribution in [0.4, 0.5) is 0 Å². The van der Waals surface area contributed by atoms with Gasteiger partial charge in [0.25, 0.3) is 5.56 Å². The van der Waals surface area contributed by atoms with E-state index in [9.17, 15) is 9.59 Å². The van der Waals surface area contributed by atoms with Crippen LogP contribution in [0.3, 0.4) is 0 Å². The molecule has 0 N–H and O–H groups in total. The summed E-state index contributed by atoms with van der Waals surface area (Å²) in [6.07, 6.45) is 0. The molecule has 3 aromatic rings. The Morgan fingerprint density at radius 2 is 1.69 bits per heavy atom. The molecule has 132 valence electrons. The van der Waals surface area contributed by atoms with Crippen LogP contribution < -0.4 is 10.3 Å². The predicted molar refractivity (Wildman–Crippen MR) is 101 cm³/mol. The first-order valence-corrected chi connectivity index (χ1v) is 8.48. The van der Waals surface area contributed by atoms with Crippen LogP contribution in [0.15, 0.2) is 65.5 Å². The summed E-state index contributed by atoms with van der Waals surface area (Å²) in [6.45, 7) is 4.40. The highest BCUT2D eigenvalue weighted by Gasteiger charge is 2.10. The minimum Gasteiger partial charge on any atom is -0.494 e. The summed E-state index contributed by atoms with van der Waals surface area (Å²) in [7, 11) is 0. The van der Waals surface area contributed by atoms with Crippen molar-refractivity contribution in [2.75, 3.05) is 6.61 Å². The summed E-state index contributed by atoms with van der Waals surface area (Å²) in [5.41, 5.74) is 2.82. The molecule has 1 heterocycles. The number of Topliss-reactive ketones (excluding diaryl/α,β-unsaturated/α-hetero) is 1. The van der Waals surface area contributed by atoms with Gasteiger partial charge in [-0.3, -0.25) is 9.59 Å². The Bertz CT molecular complexity index is 958. The Morgan fingerprint density at radius 3 is 2.35 bits per heavy atom. The monoisotopic (exact) mass is 348 g/mol. The first-order valence-electron chi connectivity index (χ1n) is 8.48. The maximum absolute atomic E-state index is 12.4. The molecule has 5 nitrogen and oxygen atoms in total. The van der Waals surface area contributed by atoms with Crippen molar-refractivity contribution in [2.24, 2.45) is 0 Å². The highest BCUT2D eigenvalue weighted by Crippen LogP contribution is 2.20. The second kappa shape index (κ2) is 7.78. The molecule has 0 spiro atoms. The molecule has 5 heteroatoms. The Hall–Kier alpha value is -3.21. The van der Waals surface area contributed by atoms with Crippen LogP contribution in [-0.4, -0.2) is 22.2 Å². The standard InChI is InChI=1S/C21H20N2O3/c1-3-26-18-10-8-16(9-11-18)19-12-13-21(25)23(22-19)14-20(24)17-6-4-15(2)5-7-17/h4-13H,3,14H2,1-2H3. The third kappa shape index (κ3) is 4.06. The van der Waals surface area contributed by atoms with Crippen molar-refractivity contribution in [1.82, 2.24) is 9.78 Å². The molecule has 0 aliphatic rings. The van der Waals surface area contributed by atoms with E-state index in [1.54, 1.807) is 18.2 Å². The molecule has 1 aromatic heterocycles. The molecule has 0 saturated heterocycles. The minimum atomic E-state index is -0.305. The van der Waals surface area contributed by atoms with Crippen LogP contribution in [0.25, 0.3) is 11.3 Å². The number of ether oxygens (including phenoxy) is 1. The molecule has 0 saturated carbocycles. The zero-order valence-corrected chi connectivity index (χ0v) is 14.8. The second-order valence-corrected chi connectivity index (χ2v) is 5.96. The summed E-state index contributed by atoms with van der Waals surface area (Å²) in [5, 5.41) is 4.34. The van der Waals surface area contributed by atoms with Crippen molar-refractivity contribution in [3.63, 3.8) is 0 Å². The Labute approximate surface area is 151 Å². The van der Waals surface area contributed by atoms with E-state index in [0.717, 1.165) is 16.9 Å². The van der Waals surface area contributed by atoms with Gasteiger partial charge in [-0.05, 0) is 44.2 Å². The number of ketones is 1. The number of aryl methyl sites for hydroxylation is 1.